The Morgan fingerprint density at radius 3 is 2.33 bits per heavy atom. The molecule has 0 unspecified atom stereocenters. The van der Waals surface area contributed by atoms with Crippen LogP contribution in [0, 0.1) is 0 Å². The summed E-state index contributed by atoms with van der Waals surface area (Å²) in [6, 6.07) is 8.66. The molecule has 0 nitrogen and oxygen atoms in total. The lowest BCUT2D eigenvalue weighted by atomic mass is 10.1. The monoisotopic (exact) mass is 158 g/mol. The van der Waals surface area contributed by atoms with Crippen LogP contribution in [0.3, 0.4) is 0 Å². The molecule has 0 saturated heterocycles. The van der Waals surface area contributed by atoms with Gasteiger partial charge in [-0.1, -0.05) is 37.8 Å². The molecule has 1 aromatic rings. The van der Waals surface area contributed by atoms with E-state index in [1.807, 2.05) is 6.08 Å². The molecule has 0 amide bonds. The molecule has 12 heavy (non-hydrogen) atoms. The number of hydrogen-bond acceptors (Lipinski definition) is 0. The Morgan fingerprint density at radius 1 is 1.25 bits per heavy atom. The summed E-state index contributed by atoms with van der Waals surface area (Å²) in [7, 11) is 0. The minimum atomic E-state index is 0.938. The summed E-state index contributed by atoms with van der Waals surface area (Å²) in [4.78, 5) is 0. The van der Waals surface area contributed by atoms with Crippen LogP contribution in [0.5, 0.6) is 0 Å². The highest BCUT2D eigenvalue weighted by atomic mass is 13.9. The summed E-state index contributed by atoms with van der Waals surface area (Å²) in [6.07, 6.45) is 3.99. The Bertz CT molecular complexity index is 273. The second-order valence-corrected chi connectivity index (χ2v) is 2.78. The summed E-state index contributed by atoms with van der Waals surface area (Å²) in [5.74, 6) is 0. The maximum absolute atomic E-state index is 3.53. The summed E-state index contributed by atoms with van der Waals surface area (Å²) in [5.41, 5.74) is 5.48. The van der Waals surface area contributed by atoms with Crippen molar-refractivity contribution in [1.29, 1.82) is 0 Å². The van der Waals surface area contributed by atoms with Gasteiger partial charge in [0.05, 0.1) is 0 Å². The van der Waals surface area contributed by atoms with Gasteiger partial charge in [-0.2, -0.15) is 0 Å². The molecule has 0 aliphatic rings. The highest BCUT2D eigenvalue weighted by molar-refractivity contribution is 5.23. The molecule has 1 rings (SSSR count). The third-order valence-corrected chi connectivity index (χ3v) is 1.91. The Hall–Kier alpha value is -1.26. The molecule has 0 N–H and O–H groups in total. The topological polar surface area (TPSA) is 0 Å². The van der Waals surface area contributed by atoms with E-state index in [-0.39, 0.29) is 0 Å². The van der Waals surface area contributed by atoms with Gasteiger partial charge in [0, 0.05) is 0 Å². The maximum atomic E-state index is 3.53. The largest absolute Gasteiger partial charge is 0.133 e. The standard InChI is InChI=1S/C12H14/c1-3-5-6-12-9-7-11(4-2)8-10-12/h5,7-10H,1,4,6H2,2H3. The molecule has 0 fully saturated rings. The van der Waals surface area contributed by atoms with Crippen molar-refractivity contribution < 1.29 is 0 Å². The molecule has 0 atom stereocenters. The smallest absolute Gasteiger partial charge is 0.00215 e. The molecule has 0 aliphatic heterocycles. The van der Waals surface area contributed by atoms with Crippen LogP contribution in [-0.2, 0) is 12.8 Å². The third-order valence-electron chi connectivity index (χ3n) is 1.91. The van der Waals surface area contributed by atoms with E-state index in [9.17, 15) is 0 Å². The molecular weight excluding hydrogens is 144 g/mol. The van der Waals surface area contributed by atoms with Gasteiger partial charge in [-0.15, -0.1) is 5.73 Å². The lowest BCUT2D eigenvalue weighted by Gasteiger charge is -1.98. The molecule has 0 aliphatic carbocycles. The van der Waals surface area contributed by atoms with Crippen molar-refractivity contribution in [3.05, 3.63) is 53.8 Å². The Kier molecular flexibility index (Phi) is 3.37. The van der Waals surface area contributed by atoms with Crippen LogP contribution >= 0.6 is 0 Å². The van der Waals surface area contributed by atoms with Crippen LogP contribution in [0.2, 0.25) is 0 Å². The molecule has 0 heteroatoms. The van der Waals surface area contributed by atoms with E-state index < -0.39 is 0 Å². The summed E-state index contributed by atoms with van der Waals surface area (Å²) < 4.78 is 0. The number of allylic oxidation sites excluding steroid dienone is 1. The second-order valence-electron chi connectivity index (χ2n) is 2.78. The minimum absolute atomic E-state index is 0.938. The summed E-state index contributed by atoms with van der Waals surface area (Å²) >= 11 is 0. The van der Waals surface area contributed by atoms with Gasteiger partial charge in [0.25, 0.3) is 0 Å². The first kappa shape index (κ1) is 8.83. The van der Waals surface area contributed by atoms with Crippen molar-refractivity contribution in [1.82, 2.24) is 0 Å². The van der Waals surface area contributed by atoms with Crippen molar-refractivity contribution in [3.63, 3.8) is 0 Å². The third kappa shape index (κ3) is 2.41. The van der Waals surface area contributed by atoms with E-state index >= 15 is 0 Å². The first-order valence-corrected chi connectivity index (χ1v) is 4.29. The lowest BCUT2D eigenvalue weighted by Crippen LogP contribution is -1.82. The van der Waals surface area contributed by atoms with Crippen molar-refractivity contribution in [2.24, 2.45) is 0 Å². The molecule has 0 saturated carbocycles. The fraction of sp³-hybridized carbons (Fsp3) is 0.250. The quantitative estimate of drug-likeness (QED) is 0.593. The van der Waals surface area contributed by atoms with Gasteiger partial charge in [0.1, 0.15) is 0 Å². The van der Waals surface area contributed by atoms with Crippen LogP contribution in [0.25, 0.3) is 0 Å². The minimum Gasteiger partial charge on any atom is -0.133 e. The van der Waals surface area contributed by atoms with Crippen LogP contribution in [0.15, 0.2) is 42.7 Å². The molecule has 1 aromatic carbocycles. The van der Waals surface area contributed by atoms with Crippen LogP contribution in [-0.4, -0.2) is 0 Å². The van der Waals surface area contributed by atoms with Crippen LogP contribution < -0.4 is 0 Å². The number of aryl methyl sites for hydroxylation is 1. The summed E-state index contributed by atoms with van der Waals surface area (Å²) in [5, 5.41) is 0. The van der Waals surface area contributed by atoms with Crippen molar-refractivity contribution in [3.8, 4) is 0 Å². The van der Waals surface area contributed by atoms with Gasteiger partial charge in [-0.3, -0.25) is 0 Å². The second kappa shape index (κ2) is 4.58. The molecule has 0 spiro atoms. The van der Waals surface area contributed by atoms with Crippen molar-refractivity contribution >= 4 is 0 Å². The predicted octanol–water partition coefficient (Wildman–Crippen LogP) is 3.13. The lowest BCUT2D eigenvalue weighted by molar-refractivity contribution is 1.13. The number of hydrogen-bond donors (Lipinski definition) is 0. The van der Waals surface area contributed by atoms with E-state index in [2.05, 4.69) is 43.5 Å². The Balaban J connectivity index is 2.70. The van der Waals surface area contributed by atoms with Crippen LogP contribution in [0.1, 0.15) is 18.1 Å². The molecule has 62 valence electrons. The average molecular weight is 158 g/mol. The van der Waals surface area contributed by atoms with E-state index in [4.69, 9.17) is 0 Å². The Labute approximate surface area is 74.2 Å². The maximum Gasteiger partial charge on any atom is -0.00215 e. The molecule has 0 bridgehead atoms. The highest BCUT2D eigenvalue weighted by Crippen LogP contribution is 2.05. The normalized spacial score (nSPS) is 9.08. The first-order chi connectivity index (χ1) is 5.86. The predicted molar refractivity (Wildman–Crippen MR) is 53.2 cm³/mol. The zero-order valence-corrected chi connectivity index (χ0v) is 7.51. The molecule has 0 heterocycles. The zero-order chi connectivity index (χ0) is 8.81. The molecular formula is C12H14. The van der Waals surface area contributed by atoms with E-state index in [0.717, 1.165) is 12.8 Å². The zero-order valence-electron chi connectivity index (χ0n) is 7.51. The van der Waals surface area contributed by atoms with Gasteiger partial charge in [0.2, 0.25) is 0 Å². The fourth-order valence-corrected chi connectivity index (χ4v) is 1.10. The van der Waals surface area contributed by atoms with Crippen molar-refractivity contribution in [2.45, 2.75) is 19.8 Å². The van der Waals surface area contributed by atoms with Gasteiger partial charge in [0.15, 0.2) is 0 Å². The van der Waals surface area contributed by atoms with Gasteiger partial charge in [-0.05, 0) is 30.0 Å². The first-order valence-electron chi connectivity index (χ1n) is 4.29. The van der Waals surface area contributed by atoms with E-state index in [0.29, 0.717) is 0 Å². The fourth-order valence-electron chi connectivity index (χ4n) is 1.10. The average Bonchev–Trinajstić information content (AvgIpc) is 2.15. The number of rotatable bonds is 3. The highest BCUT2D eigenvalue weighted by Gasteiger charge is 1.89. The van der Waals surface area contributed by atoms with Crippen LogP contribution in [0.4, 0.5) is 0 Å². The summed E-state index contributed by atoms with van der Waals surface area (Å²) in [6.45, 7) is 5.69. The molecule has 0 radical (unpaired) electrons. The van der Waals surface area contributed by atoms with Crippen molar-refractivity contribution in [2.75, 3.05) is 0 Å². The molecule has 0 aromatic heterocycles. The van der Waals surface area contributed by atoms with Gasteiger partial charge >= 0.3 is 0 Å². The van der Waals surface area contributed by atoms with Gasteiger partial charge < -0.3 is 0 Å². The SMILES string of the molecule is C=C=CCc1ccc(CC)cc1. The Morgan fingerprint density at radius 2 is 1.83 bits per heavy atom. The van der Waals surface area contributed by atoms with E-state index in [1.54, 1.807) is 0 Å². The van der Waals surface area contributed by atoms with Gasteiger partial charge in [-0.25, -0.2) is 0 Å². The van der Waals surface area contributed by atoms with E-state index in [1.165, 1.54) is 11.1 Å². The number of benzene rings is 1.